The predicted octanol–water partition coefficient (Wildman–Crippen LogP) is 0.965. The van der Waals surface area contributed by atoms with E-state index >= 15 is 0 Å². The summed E-state index contributed by atoms with van der Waals surface area (Å²) in [5, 5.41) is 3.21. The van der Waals surface area contributed by atoms with Crippen LogP contribution in [0.25, 0.3) is 11.0 Å². The number of carbonyl (C=O) groups is 1. The molecule has 10 nitrogen and oxygen atoms in total. The van der Waals surface area contributed by atoms with Gasteiger partial charge in [-0.25, -0.2) is 4.98 Å². The third-order valence-corrected chi connectivity index (χ3v) is 4.23. The average Bonchev–Trinajstić information content (AvgIpc) is 3.09. The van der Waals surface area contributed by atoms with Crippen molar-refractivity contribution < 1.29 is 14.3 Å². The molecule has 1 aliphatic heterocycles. The number of nitrogens with zero attached hydrogens (tertiary/aromatic N) is 3. The van der Waals surface area contributed by atoms with Crippen molar-refractivity contribution >= 4 is 34.4 Å². The van der Waals surface area contributed by atoms with Crippen molar-refractivity contribution in [1.29, 1.82) is 0 Å². The Morgan fingerprint density at radius 2 is 2.11 bits per heavy atom. The van der Waals surface area contributed by atoms with Gasteiger partial charge in [-0.15, -0.1) is 0 Å². The molecule has 10 heteroatoms. The summed E-state index contributed by atoms with van der Waals surface area (Å²) < 4.78 is 12.2. The monoisotopic (exact) mass is 368 g/mol. The van der Waals surface area contributed by atoms with Gasteiger partial charge < -0.3 is 30.8 Å². The molecule has 0 radical (unpaired) electrons. The number of pyridine rings is 1. The zero-order chi connectivity index (χ0) is 19.1. The van der Waals surface area contributed by atoms with Gasteiger partial charge in [-0.05, 0) is 19.1 Å². The number of hydrogen-bond donors (Lipinski definition) is 3. The number of amides is 1. The van der Waals surface area contributed by atoms with Crippen molar-refractivity contribution in [3.8, 4) is 11.5 Å². The molecular weight excluding hydrogens is 352 g/mol. The Hall–Kier alpha value is -3.82. The molecule has 1 aromatic carbocycles. The number of ether oxygens (including phenoxy) is 2. The van der Waals surface area contributed by atoms with Crippen molar-refractivity contribution in [2.24, 2.45) is 5.73 Å². The number of hydrogen-bond acceptors (Lipinski definition) is 8. The first-order valence-electron chi connectivity index (χ1n) is 8.15. The van der Waals surface area contributed by atoms with Crippen LogP contribution < -0.4 is 31.7 Å². The predicted molar refractivity (Wildman–Crippen MR) is 98.3 cm³/mol. The first-order chi connectivity index (χ1) is 13.0. The molecule has 0 aliphatic carbocycles. The van der Waals surface area contributed by atoms with Crippen LogP contribution in [0.15, 0.2) is 29.2 Å². The third-order valence-electron chi connectivity index (χ3n) is 4.23. The number of carbonyl (C=O) groups excluding carboxylic acids is 1. The second-order valence-electron chi connectivity index (χ2n) is 5.82. The van der Waals surface area contributed by atoms with E-state index in [1.54, 1.807) is 22.8 Å². The van der Waals surface area contributed by atoms with Crippen LogP contribution in [-0.4, -0.2) is 27.2 Å². The summed E-state index contributed by atoms with van der Waals surface area (Å²) in [5.74, 6) is 0.627. The molecule has 0 fully saturated rings. The quantitative estimate of drug-likeness (QED) is 0.617. The maximum atomic E-state index is 12.5. The molecular formula is C17H16N6O4. The number of nitrogens with two attached hydrogens (primary N) is 2. The molecule has 0 unspecified atom stereocenters. The molecule has 138 valence electrons. The maximum Gasteiger partial charge on any atom is 0.256 e. The van der Waals surface area contributed by atoms with Gasteiger partial charge in [0.05, 0.1) is 5.39 Å². The van der Waals surface area contributed by atoms with Crippen LogP contribution in [0.1, 0.15) is 17.3 Å². The molecule has 0 saturated heterocycles. The van der Waals surface area contributed by atoms with Crippen LogP contribution >= 0.6 is 0 Å². The van der Waals surface area contributed by atoms with Gasteiger partial charge >= 0.3 is 0 Å². The summed E-state index contributed by atoms with van der Waals surface area (Å²) in [5.41, 5.74) is 11.4. The van der Waals surface area contributed by atoms with E-state index in [9.17, 15) is 9.59 Å². The van der Waals surface area contributed by atoms with Gasteiger partial charge in [0.2, 0.25) is 18.2 Å². The Morgan fingerprint density at radius 3 is 2.85 bits per heavy atom. The minimum absolute atomic E-state index is 0.0183. The van der Waals surface area contributed by atoms with E-state index in [0.29, 0.717) is 29.4 Å². The highest BCUT2D eigenvalue weighted by Gasteiger charge is 2.20. The van der Waals surface area contributed by atoms with Crippen molar-refractivity contribution in [1.82, 2.24) is 14.5 Å². The number of benzene rings is 1. The van der Waals surface area contributed by atoms with Crippen molar-refractivity contribution in [2.75, 3.05) is 17.8 Å². The van der Waals surface area contributed by atoms with Crippen LogP contribution in [0.4, 0.5) is 17.5 Å². The molecule has 2 aromatic heterocycles. The van der Waals surface area contributed by atoms with Crippen molar-refractivity contribution in [3.63, 3.8) is 0 Å². The van der Waals surface area contributed by atoms with E-state index < -0.39 is 11.3 Å². The highest BCUT2D eigenvalue weighted by molar-refractivity contribution is 6.00. The number of fused-ring (bicyclic) bond motifs is 2. The molecule has 0 bridgehead atoms. The topological polar surface area (TPSA) is 147 Å². The Labute approximate surface area is 152 Å². The smallest absolute Gasteiger partial charge is 0.256 e. The summed E-state index contributed by atoms with van der Waals surface area (Å²) in [6, 6.07) is 5.32. The fraction of sp³-hybridized carbons (Fsp3) is 0.176. The Balaban J connectivity index is 1.81. The lowest BCUT2D eigenvalue weighted by Gasteiger charge is -2.14. The second-order valence-corrected chi connectivity index (χ2v) is 5.82. The van der Waals surface area contributed by atoms with Gasteiger partial charge in [0.15, 0.2) is 17.1 Å². The van der Waals surface area contributed by atoms with E-state index in [1.807, 2.05) is 6.92 Å². The van der Waals surface area contributed by atoms with Gasteiger partial charge in [-0.1, -0.05) is 0 Å². The average molecular weight is 368 g/mol. The number of rotatable bonds is 4. The zero-order valence-electron chi connectivity index (χ0n) is 14.4. The van der Waals surface area contributed by atoms with Crippen LogP contribution in [0, 0.1) is 0 Å². The normalized spacial score (nSPS) is 12.3. The number of primary amides is 1. The fourth-order valence-corrected chi connectivity index (χ4v) is 2.96. The lowest BCUT2D eigenvalue weighted by molar-refractivity contribution is 0.0999. The first kappa shape index (κ1) is 16.6. The summed E-state index contributed by atoms with van der Waals surface area (Å²) in [6.45, 7) is 2.39. The summed E-state index contributed by atoms with van der Waals surface area (Å²) in [6.07, 6.45) is 1.35. The molecule has 3 heterocycles. The molecule has 4 rings (SSSR count). The summed E-state index contributed by atoms with van der Waals surface area (Å²) >= 11 is 0. The minimum atomic E-state index is -0.885. The van der Waals surface area contributed by atoms with Crippen LogP contribution in [-0.2, 0) is 6.54 Å². The zero-order valence-corrected chi connectivity index (χ0v) is 14.4. The summed E-state index contributed by atoms with van der Waals surface area (Å²) in [7, 11) is 0. The SMILES string of the molecule is CCn1c(N)c(C(N)=O)c(=O)c2cnc(Nc3ccc4c(c3)OCO4)nc21. The number of aromatic nitrogens is 3. The molecule has 0 spiro atoms. The Morgan fingerprint density at radius 1 is 1.33 bits per heavy atom. The first-order valence-corrected chi connectivity index (χ1v) is 8.15. The molecule has 1 aliphatic rings. The van der Waals surface area contributed by atoms with E-state index in [0.717, 1.165) is 0 Å². The minimum Gasteiger partial charge on any atom is -0.454 e. The number of aryl methyl sites for hydroxylation is 1. The molecule has 5 N–H and O–H groups in total. The second kappa shape index (κ2) is 6.16. The van der Waals surface area contributed by atoms with Gasteiger partial charge in [0, 0.05) is 24.5 Å². The highest BCUT2D eigenvalue weighted by atomic mass is 16.7. The fourth-order valence-electron chi connectivity index (χ4n) is 2.96. The maximum absolute atomic E-state index is 12.5. The Kier molecular flexibility index (Phi) is 3.80. The molecule has 3 aromatic rings. The largest absolute Gasteiger partial charge is 0.454 e. The Bertz CT molecular complexity index is 1140. The van der Waals surface area contributed by atoms with Crippen molar-refractivity contribution in [3.05, 3.63) is 40.2 Å². The number of nitrogen functional groups attached to an aromatic ring is 1. The number of nitrogens with one attached hydrogen (secondary N) is 1. The van der Waals surface area contributed by atoms with E-state index in [2.05, 4.69) is 15.3 Å². The van der Waals surface area contributed by atoms with Gasteiger partial charge in [-0.2, -0.15) is 4.98 Å². The van der Waals surface area contributed by atoms with Crippen LogP contribution in [0.5, 0.6) is 11.5 Å². The lowest BCUT2D eigenvalue weighted by atomic mass is 10.2. The number of anilines is 3. The van der Waals surface area contributed by atoms with Gasteiger partial charge in [0.1, 0.15) is 11.4 Å². The molecule has 27 heavy (non-hydrogen) atoms. The van der Waals surface area contributed by atoms with Gasteiger partial charge in [-0.3, -0.25) is 9.59 Å². The van der Waals surface area contributed by atoms with E-state index in [4.69, 9.17) is 20.9 Å². The van der Waals surface area contributed by atoms with Crippen LogP contribution in [0.2, 0.25) is 0 Å². The summed E-state index contributed by atoms with van der Waals surface area (Å²) in [4.78, 5) is 32.7. The molecule has 0 saturated carbocycles. The van der Waals surface area contributed by atoms with Crippen LogP contribution in [0.3, 0.4) is 0 Å². The van der Waals surface area contributed by atoms with Gasteiger partial charge in [0.25, 0.3) is 5.91 Å². The lowest BCUT2D eigenvalue weighted by Crippen LogP contribution is -2.28. The third kappa shape index (κ3) is 2.67. The standard InChI is InChI=1S/C17H16N6O4/c1-2-23-14(18)12(15(19)25)13(24)9-6-20-17(22-16(9)23)21-8-3-4-10-11(5-8)27-7-26-10/h3-6H,2,7,18H2,1H3,(H2,19,25)(H,20,21,22). The van der Waals surface area contributed by atoms with Crippen molar-refractivity contribution in [2.45, 2.75) is 13.5 Å². The molecule has 0 atom stereocenters. The molecule has 1 amide bonds. The van der Waals surface area contributed by atoms with E-state index in [1.165, 1.54) is 6.20 Å². The highest BCUT2D eigenvalue weighted by Crippen LogP contribution is 2.34. The van der Waals surface area contributed by atoms with E-state index in [-0.39, 0.29) is 29.5 Å².